The van der Waals surface area contributed by atoms with Gasteiger partial charge in [-0.2, -0.15) is 0 Å². The molecular formula is C18H22N2O2. The molecule has 3 rings (SSSR count). The average molecular weight is 298 g/mol. The fraction of sp³-hybridized carbons (Fsp3) is 0.444. The number of carbonyl (C=O) groups excluding carboxylic acids is 1. The van der Waals surface area contributed by atoms with E-state index < -0.39 is 0 Å². The van der Waals surface area contributed by atoms with Crippen LogP contribution >= 0.6 is 0 Å². The highest BCUT2D eigenvalue weighted by molar-refractivity contribution is 5.96. The summed E-state index contributed by atoms with van der Waals surface area (Å²) >= 11 is 0. The molecule has 22 heavy (non-hydrogen) atoms. The van der Waals surface area contributed by atoms with Gasteiger partial charge in [-0.3, -0.25) is 4.79 Å². The SMILES string of the molecule is CCc1noc(C)c1C(=O)NC(C)C1CC1c1ccccc1. The Bertz CT molecular complexity index is 663. The molecule has 0 bridgehead atoms. The third-order valence-corrected chi connectivity index (χ3v) is 4.56. The number of nitrogens with zero attached hydrogens (tertiary/aromatic N) is 1. The Morgan fingerprint density at radius 3 is 2.82 bits per heavy atom. The number of hydrogen-bond acceptors (Lipinski definition) is 3. The summed E-state index contributed by atoms with van der Waals surface area (Å²) in [5.41, 5.74) is 2.70. The first-order valence-corrected chi connectivity index (χ1v) is 7.92. The largest absolute Gasteiger partial charge is 0.361 e. The van der Waals surface area contributed by atoms with Gasteiger partial charge in [-0.25, -0.2) is 0 Å². The molecule has 1 heterocycles. The third kappa shape index (κ3) is 2.78. The van der Waals surface area contributed by atoms with Gasteiger partial charge in [-0.15, -0.1) is 0 Å². The number of amides is 1. The lowest BCUT2D eigenvalue weighted by Crippen LogP contribution is -2.35. The number of nitrogens with one attached hydrogen (secondary N) is 1. The zero-order chi connectivity index (χ0) is 15.7. The van der Waals surface area contributed by atoms with Crippen molar-refractivity contribution < 1.29 is 9.32 Å². The molecule has 2 aromatic rings. The normalized spacial score (nSPS) is 21.4. The van der Waals surface area contributed by atoms with Crippen molar-refractivity contribution in [2.75, 3.05) is 0 Å². The minimum Gasteiger partial charge on any atom is -0.361 e. The molecule has 1 N–H and O–H groups in total. The van der Waals surface area contributed by atoms with Gasteiger partial charge in [0.1, 0.15) is 11.3 Å². The number of aromatic nitrogens is 1. The lowest BCUT2D eigenvalue weighted by molar-refractivity contribution is 0.0933. The highest BCUT2D eigenvalue weighted by atomic mass is 16.5. The maximum Gasteiger partial charge on any atom is 0.257 e. The smallest absolute Gasteiger partial charge is 0.257 e. The molecule has 0 spiro atoms. The van der Waals surface area contributed by atoms with Gasteiger partial charge >= 0.3 is 0 Å². The fourth-order valence-electron chi connectivity index (χ4n) is 3.19. The first kappa shape index (κ1) is 14.8. The monoisotopic (exact) mass is 298 g/mol. The van der Waals surface area contributed by atoms with E-state index in [1.165, 1.54) is 5.56 Å². The van der Waals surface area contributed by atoms with Crippen LogP contribution in [0.3, 0.4) is 0 Å². The van der Waals surface area contributed by atoms with Crippen molar-refractivity contribution in [3.8, 4) is 0 Å². The Balaban J connectivity index is 1.64. The summed E-state index contributed by atoms with van der Waals surface area (Å²) in [6.07, 6.45) is 1.83. The lowest BCUT2D eigenvalue weighted by Gasteiger charge is -2.14. The zero-order valence-electron chi connectivity index (χ0n) is 13.3. The van der Waals surface area contributed by atoms with E-state index >= 15 is 0 Å². The predicted molar refractivity (Wildman–Crippen MR) is 84.8 cm³/mol. The molecule has 1 aromatic heterocycles. The van der Waals surface area contributed by atoms with Gasteiger partial charge in [0.25, 0.3) is 5.91 Å². The molecule has 0 saturated heterocycles. The second-order valence-electron chi connectivity index (χ2n) is 6.09. The topological polar surface area (TPSA) is 55.1 Å². The van der Waals surface area contributed by atoms with Gasteiger partial charge in [0, 0.05) is 6.04 Å². The number of benzene rings is 1. The Hall–Kier alpha value is -2.10. The van der Waals surface area contributed by atoms with E-state index in [1.54, 1.807) is 6.92 Å². The summed E-state index contributed by atoms with van der Waals surface area (Å²) in [7, 11) is 0. The molecule has 3 atom stereocenters. The minimum atomic E-state index is -0.0678. The van der Waals surface area contributed by atoms with Gasteiger partial charge in [0.15, 0.2) is 0 Å². The minimum absolute atomic E-state index is 0.0678. The molecule has 1 aliphatic rings. The molecule has 116 valence electrons. The highest BCUT2D eigenvalue weighted by Gasteiger charge is 2.42. The Kier molecular flexibility index (Phi) is 4.01. The molecule has 0 aliphatic heterocycles. The van der Waals surface area contributed by atoms with Crippen LogP contribution in [0.15, 0.2) is 34.9 Å². The van der Waals surface area contributed by atoms with Crippen molar-refractivity contribution >= 4 is 5.91 Å². The van der Waals surface area contributed by atoms with Crippen LogP contribution < -0.4 is 5.32 Å². The molecule has 1 amide bonds. The molecule has 4 heteroatoms. The van der Waals surface area contributed by atoms with Crippen LogP contribution in [0.4, 0.5) is 0 Å². The summed E-state index contributed by atoms with van der Waals surface area (Å²) in [4.78, 5) is 12.5. The van der Waals surface area contributed by atoms with Crippen LogP contribution in [-0.2, 0) is 6.42 Å². The molecule has 3 unspecified atom stereocenters. The summed E-state index contributed by atoms with van der Waals surface area (Å²) < 4.78 is 5.14. The van der Waals surface area contributed by atoms with E-state index in [2.05, 4.69) is 41.7 Å². The standard InChI is InChI=1S/C18H22N2O2/c1-4-16-17(12(3)22-20-16)18(21)19-11(2)14-10-15(14)13-8-6-5-7-9-13/h5-9,11,14-15H,4,10H2,1-3H3,(H,19,21). The fourth-order valence-corrected chi connectivity index (χ4v) is 3.19. The van der Waals surface area contributed by atoms with Crippen LogP contribution in [0.2, 0.25) is 0 Å². The Morgan fingerprint density at radius 1 is 1.41 bits per heavy atom. The van der Waals surface area contributed by atoms with E-state index in [4.69, 9.17) is 4.52 Å². The van der Waals surface area contributed by atoms with Gasteiger partial charge in [-0.1, -0.05) is 42.4 Å². The zero-order valence-corrected chi connectivity index (χ0v) is 13.3. The molecule has 1 aliphatic carbocycles. The second-order valence-corrected chi connectivity index (χ2v) is 6.09. The molecular weight excluding hydrogens is 276 g/mol. The first-order valence-electron chi connectivity index (χ1n) is 7.92. The van der Waals surface area contributed by atoms with E-state index in [0.717, 1.165) is 12.1 Å². The number of rotatable bonds is 5. The van der Waals surface area contributed by atoms with Crippen molar-refractivity contribution in [1.82, 2.24) is 10.5 Å². The summed E-state index contributed by atoms with van der Waals surface area (Å²) in [6.45, 7) is 5.85. The second kappa shape index (κ2) is 5.95. The van der Waals surface area contributed by atoms with E-state index in [1.807, 2.05) is 13.0 Å². The molecule has 1 saturated carbocycles. The number of aryl methyl sites for hydroxylation is 2. The van der Waals surface area contributed by atoms with Crippen LogP contribution in [0.25, 0.3) is 0 Å². The van der Waals surface area contributed by atoms with E-state index in [9.17, 15) is 4.79 Å². The van der Waals surface area contributed by atoms with Crippen molar-refractivity contribution in [2.24, 2.45) is 5.92 Å². The quantitative estimate of drug-likeness (QED) is 0.919. The highest BCUT2D eigenvalue weighted by Crippen LogP contribution is 2.49. The lowest BCUT2D eigenvalue weighted by atomic mass is 10.1. The summed E-state index contributed by atoms with van der Waals surface area (Å²) in [5, 5.41) is 7.07. The van der Waals surface area contributed by atoms with Gasteiger partial charge < -0.3 is 9.84 Å². The van der Waals surface area contributed by atoms with Crippen molar-refractivity contribution in [3.05, 3.63) is 52.9 Å². The van der Waals surface area contributed by atoms with Gasteiger partial charge in [-0.05, 0) is 44.1 Å². The summed E-state index contributed by atoms with van der Waals surface area (Å²) in [6, 6.07) is 10.7. The number of hydrogen-bond donors (Lipinski definition) is 1. The molecule has 1 fully saturated rings. The predicted octanol–water partition coefficient (Wildman–Crippen LogP) is 3.47. The third-order valence-electron chi connectivity index (χ3n) is 4.56. The van der Waals surface area contributed by atoms with Crippen molar-refractivity contribution in [1.29, 1.82) is 0 Å². The summed E-state index contributed by atoms with van der Waals surface area (Å²) in [5.74, 6) is 1.60. The van der Waals surface area contributed by atoms with Gasteiger partial charge in [0.2, 0.25) is 0 Å². The van der Waals surface area contributed by atoms with Crippen LogP contribution in [0.5, 0.6) is 0 Å². The maximum atomic E-state index is 12.5. The van der Waals surface area contributed by atoms with E-state index in [0.29, 0.717) is 29.6 Å². The van der Waals surface area contributed by atoms with Crippen molar-refractivity contribution in [2.45, 2.75) is 45.6 Å². The van der Waals surface area contributed by atoms with Crippen LogP contribution in [0.1, 0.15) is 53.6 Å². The maximum absolute atomic E-state index is 12.5. The Morgan fingerprint density at radius 2 is 2.14 bits per heavy atom. The van der Waals surface area contributed by atoms with Crippen LogP contribution in [0, 0.1) is 12.8 Å². The van der Waals surface area contributed by atoms with Gasteiger partial charge in [0.05, 0.1) is 5.69 Å². The van der Waals surface area contributed by atoms with Crippen molar-refractivity contribution in [3.63, 3.8) is 0 Å². The average Bonchev–Trinajstić information content (AvgIpc) is 3.24. The molecule has 4 nitrogen and oxygen atoms in total. The molecule has 0 radical (unpaired) electrons. The first-order chi connectivity index (χ1) is 10.6. The Labute approximate surface area is 130 Å². The molecule has 1 aromatic carbocycles. The number of carbonyl (C=O) groups is 1. The van der Waals surface area contributed by atoms with Crippen LogP contribution in [-0.4, -0.2) is 17.1 Å². The van der Waals surface area contributed by atoms with E-state index in [-0.39, 0.29) is 11.9 Å².